The van der Waals surface area contributed by atoms with Crippen molar-refractivity contribution in [1.82, 2.24) is 0 Å². The fourth-order valence-corrected chi connectivity index (χ4v) is 3.16. The summed E-state index contributed by atoms with van der Waals surface area (Å²) in [4.78, 5) is 0. The molecular formula is C19H22S. The minimum Gasteiger partial charge on any atom is -0.152 e. The molecule has 1 heterocycles. The van der Waals surface area contributed by atoms with E-state index in [4.69, 9.17) is 0 Å². The average Bonchev–Trinajstić information content (AvgIpc) is 2.91. The highest BCUT2D eigenvalue weighted by molar-refractivity contribution is 7.08. The molecule has 0 atom stereocenters. The van der Waals surface area contributed by atoms with Crippen LogP contribution in [0.2, 0.25) is 0 Å². The highest BCUT2D eigenvalue weighted by atomic mass is 32.1. The van der Waals surface area contributed by atoms with Crippen LogP contribution in [0, 0.1) is 6.92 Å². The normalized spacial score (nSPS) is 11.3. The number of thiophene rings is 1. The van der Waals surface area contributed by atoms with Crippen LogP contribution in [0.5, 0.6) is 0 Å². The third-order valence-corrected chi connectivity index (χ3v) is 4.54. The van der Waals surface area contributed by atoms with Gasteiger partial charge in [0.15, 0.2) is 0 Å². The molecule has 0 radical (unpaired) electrons. The molecule has 104 valence electrons. The van der Waals surface area contributed by atoms with Crippen LogP contribution in [0.25, 0.3) is 5.57 Å². The topological polar surface area (TPSA) is 0 Å². The average molecular weight is 282 g/mol. The summed E-state index contributed by atoms with van der Waals surface area (Å²) in [6, 6.07) is 8.84. The van der Waals surface area contributed by atoms with Crippen molar-refractivity contribution in [2.75, 3.05) is 0 Å². The van der Waals surface area contributed by atoms with E-state index in [-0.39, 0.29) is 5.41 Å². The Morgan fingerprint density at radius 1 is 1.30 bits per heavy atom. The standard InChI is InChI=1S/C19H22S/c1-6-10-19(4,5)17-7-8-18(14(2)12-17)15(3)16-9-11-20-13-16/h6-9,11-13H,1,3,10H2,2,4-5H3. The first-order valence-corrected chi connectivity index (χ1v) is 7.84. The van der Waals surface area contributed by atoms with Crippen molar-refractivity contribution in [2.24, 2.45) is 0 Å². The molecule has 0 unspecified atom stereocenters. The zero-order valence-electron chi connectivity index (χ0n) is 12.6. The second-order valence-electron chi connectivity index (χ2n) is 5.90. The highest BCUT2D eigenvalue weighted by Gasteiger charge is 2.19. The molecule has 0 fully saturated rings. The third-order valence-electron chi connectivity index (χ3n) is 3.86. The molecule has 0 nitrogen and oxygen atoms in total. The molecule has 0 bridgehead atoms. The molecule has 0 spiro atoms. The van der Waals surface area contributed by atoms with Crippen molar-refractivity contribution in [3.8, 4) is 0 Å². The van der Waals surface area contributed by atoms with Gasteiger partial charge in [0.25, 0.3) is 0 Å². The Morgan fingerprint density at radius 2 is 2.05 bits per heavy atom. The fraction of sp³-hybridized carbons (Fsp3) is 0.263. The molecule has 1 heteroatoms. The summed E-state index contributed by atoms with van der Waals surface area (Å²) in [7, 11) is 0. The van der Waals surface area contributed by atoms with Gasteiger partial charge in [-0.1, -0.05) is 44.7 Å². The van der Waals surface area contributed by atoms with E-state index in [2.05, 4.69) is 69.0 Å². The molecule has 0 aliphatic rings. The second-order valence-corrected chi connectivity index (χ2v) is 6.68. The van der Waals surface area contributed by atoms with Crippen LogP contribution in [0.3, 0.4) is 0 Å². The van der Waals surface area contributed by atoms with Gasteiger partial charge >= 0.3 is 0 Å². The Labute approximate surface area is 126 Å². The van der Waals surface area contributed by atoms with Crippen LogP contribution in [0.1, 0.15) is 42.5 Å². The molecule has 20 heavy (non-hydrogen) atoms. The van der Waals surface area contributed by atoms with E-state index in [1.165, 1.54) is 22.3 Å². The summed E-state index contributed by atoms with van der Waals surface area (Å²) in [5, 5.41) is 4.24. The van der Waals surface area contributed by atoms with E-state index in [0.29, 0.717) is 0 Å². The highest BCUT2D eigenvalue weighted by Crippen LogP contribution is 2.32. The summed E-state index contributed by atoms with van der Waals surface area (Å²) < 4.78 is 0. The molecule has 1 aromatic carbocycles. The van der Waals surface area contributed by atoms with E-state index in [1.54, 1.807) is 11.3 Å². The van der Waals surface area contributed by atoms with Crippen LogP contribution in [-0.4, -0.2) is 0 Å². The lowest BCUT2D eigenvalue weighted by atomic mass is 9.80. The number of hydrogen-bond donors (Lipinski definition) is 0. The predicted octanol–water partition coefficient (Wildman–Crippen LogP) is 5.97. The Hall–Kier alpha value is -1.60. The van der Waals surface area contributed by atoms with Gasteiger partial charge in [0.05, 0.1) is 0 Å². The number of aryl methyl sites for hydroxylation is 1. The van der Waals surface area contributed by atoms with Crippen molar-refractivity contribution < 1.29 is 0 Å². The van der Waals surface area contributed by atoms with Crippen molar-refractivity contribution in [3.05, 3.63) is 76.5 Å². The van der Waals surface area contributed by atoms with Gasteiger partial charge in [-0.3, -0.25) is 0 Å². The Kier molecular flexibility index (Phi) is 4.29. The molecule has 0 amide bonds. The summed E-state index contributed by atoms with van der Waals surface area (Å²) in [6.07, 6.45) is 2.98. The number of allylic oxidation sites excluding steroid dienone is 1. The molecule has 2 rings (SSSR count). The van der Waals surface area contributed by atoms with Crippen LogP contribution in [-0.2, 0) is 5.41 Å². The van der Waals surface area contributed by atoms with E-state index >= 15 is 0 Å². The molecule has 2 aromatic rings. The summed E-state index contributed by atoms with van der Waals surface area (Å²) in [6.45, 7) is 14.8. The second kappa shape index (κ2) is 5.80. The van der Waals surface area contributed by atoms with Gasteiger partial charge in [-0.15, -0.1) is 6.58 Å². The van der Waals surface area contributed by atoms with Gasteiger partial charge in [0, 0.05) is 0 Å². The third kappa shape index (κ3) is 2.94. The van der Waals surface area contributed by atoms with Crippen LogP contribution >= 0.6 is 11.3 Å². The van der Waals surface area contributed by atoms with Gasteiger partial charge in [-0.05, 0) is 63.4 Å². The molecule has 1 aromatic heterocycles. The van der Waals surface area contributed by atoms with Crippen molar-refractivity contribution >= 4 is 16.9 Å². The van der Waals surface area contributed by atoms with E-state index in [0.717, 1.165) is 12.0 Å². The van der Waals surface area contributed by atoms with Crippen molar-refractivity contribution in [3.63, 3.8) is 0 Å². The van der Waals surface area contributed by atoms with Gasteiger partial charge < -0.3 is 0 Å². The Bertz CT molecular complexity index is 615. The Balaban J connectivity index is 2.36. The minimum absolute atomic E-state index is 0.134. The molecule has 0 aliphatic carbocycles. The van der Waals surface area contributed by atoms with E-state index in [1.807, 2.05) is 6.08 Å². The fourth-order valence-electron chi connectivity index (χ4n) is 2.49. The summed E-state index contributed by atoms with van der Waals surface area (Å²) in [5.41, 5.74) is 6.34. The maximum absolute atomic E-state index is 4.25. The maximum Gasteiger partial charge on any atom is -0.00147 e. The number of rotatable bonds is 5. The largest absolute Gasteiger partial charge is 0.152 e. The quantitative estimate of drug-likeness (QED) is 0.592. The summed E-state index contributed by atoms with van der Waals surface area (Å²) >= 11 is 1.71. The molecule has 0 aliphatic heterocycles. The van der Waals surface area contributed by atoms with E-state index in [9.17, 15) is 0 Å². The molecular weight excluding hydrogens is 260 g/mol. The minimum atomic E-state index is 0.134. The number of benzene rings is 1. The molecule has 0 saturated carbocycles. The van der Waals surface area contributed by atoms with Gasteiger partial charge in [-0.2, -0.15) is 11.3 Å². The lowest BCUT2D eigenvalue weighted by Gasteiger charge is -2.25. The van der Waals surface area contributed by atoms with Gasteiger partial charge in [-0.25, -0.2) is 0 Å². The lowest BCUT2D eigenvalue weighted by molar-refractivity contribution is 0.534. The predicted molar refractivity (Wildman–Crippen MR) is 91.5 cm³/mol. The van der Waals surface area contributed by atoms with Gasteiger partial charge in [0.2, 0.25) is 0 Å². The maximum atomic E-state index is 4.25. The first-order valence-electron chi connectivity index (χ1n) is 6.89. The van der Waals surface area contributed by atoms with Gasteiger partial charge in [0.1, 0.15) is 0 Å². The first kappa shape index (κ1) is 14.8. The zero-order valence-corrected chi connectivity index (χ0v) is 13.4. The van der Waals surface area contributed by atoms with Crippen molar-refractivity contribution in [2.45, 2.75) is 32.6 Å². The van der Waals surface area contributed by atoms with Crippen molar-refractivity contribution in [1.29, 1.82) is 0 Å². The molecule has 0 N–H and O–H groups in total. The molecule has 0 saturated heterocycles. The van der Waals surface area contributed by atoms with Crippen LogP contribution < -0.4 is 0 Å². The SMILES string of the molecule is C=CCC(C)(C)c1ccc(C(=C)c2ccsc2)c(C)c1. The lowest BCUT2D eigenvalue weighted by Crippen LogP contribution is -2.16. The van der Waals surface area contributed by atoms with E-state index < -0.39 is 0 Å². The summed E-state index contributed by atoms with van der Waals surface area (Å²) in [5.74, 6) is 0. The zero-order chi connectivity index (χ0) is 14.8. The number of hydrogen-bond acceptors (Lipinski definition) is 1. The Morgan fingerprint density at radius 3 is 2.60 bits per heavy atom. The monoisotopic (exact) mass is 282 g/mol. The first-order chi connectivity index (χ1) is 9.45. The smallest absolute Gasteiger partial charge is 0.00147 e. The van der Waals surface area contributed by atoms with Crippen LogP contribution in [0.15, 0.2) is 54.3 Å². The van der Waals surface area contributed by atoms with Crippen LogP contribution in [0.4, 0.5) is 0 Å².